The Kier molecular flexibility index (Phi) is 4.18. The lowest BCUT2D eigenvalue weighted by Gasteiger charge is -2.28. The number of hydrogen-bond acceptors (Lipinski definition) is 3. The molecule has 0 bridgehead atoms. The standard InChI is InChI=1S/C9H16N4/c1-9(12-4-2-3-10)13-7-5-11-6-8-13/h2-4,10-11H,5-8H2,1H3/b4-2-,10-3?,12-9+. The number of aliphatic imine (C=N–C) groups is 1. The summed E-state index contributed by atoms with van der Waals surface area (Å²) < 4.78 is 0. The van der Waals surface area contributed by atoms with Crippen LogP contribution in [-0.4, -0.2) is 43.1 Å². The van der Waals surface area contributed by atoms with E-state index in [1.807, 2.05) is 6.92 Å². The Morgan fingerprint density at radius 3 is 2.77 bits per heavy atom. The highest BCUT2D eigenvalue weighted by molar-refractivity contribution is 5.81. The van der Waals surface area contributed by atoms with Crippen molar-refractivity contribution in [3.05, 3.63) is 12.3 Å². The summed E-state index contributed by atoms with van der Waals surface area (Å²) in [6.45, 7) is 6.10. The van der Waals surface area contributed by atoms with Crippen LogP contribution in [-0.2, 0) is 0 Å². The zero-order valence-electron chi connectivity index (χ0n) is 7.95. The van der Waals surface area contributed by atoms with Gasteiger partial charge in [0.1, 0.15) is 5.84 Å². The van der Waals surface area contributed by atoms with Gasteiger partial charge in [-0.1, -0.05) is 0 Å². The normalized spacial score (nSPS) is 19.5. The molecule has 0 spiro atoms. The predicted octanol–water partition coefficient (Wildman–Crippen LogP) is 0.473. The van der Waals surface area contributed by atoms with Gasteiger partial charge in [-0.3, -0.25) is 0 Å². The molecule has 1 rings (SSSR count). The number of nitrogens with zero attached hydrogens (tertiary/aromatic N) is 2. The first-order valence-corrected chi connectivity index (χ1v) is 4.50. The summed E-state index contributed by atoms with van der Waals surface area (Å²) in [4.78, 5) is 6.46. The third-order valence-corrected chi connectivity index (χ3v) is 2.02. The molecule has 0 aromatic carbocycles. The Balaban J connectivity index is 2.44. The van der Waals surface area contributed by atoms with Crippen LogP contribution in [0.5, 0.6) is 0 Å². The molecular formula is C9H16N4. The van der Waals surface area contributed by atoms with Gasteiger partial charge in [-0.25, -0.2) is 4.99 Å². The van der Waals surface area contributed by atoms with Crippen molar-refractivity contribution < 1.29 is 0 Å². The van der Waals surface area contributed by atoms with Gasteiger partial charge in [-0.15, -0.1) is 0 Å². The van der Waals surface area contributed by atoms with Crippen molar-refractivity contribution in [2.45, 2.75) is 6.92 Å². The molecule has 4 heteroatoms. The van der Waals surface area contributed by atoms with E-state index in [9.17, 15) is 0 Å². The van der Waals surface area contributed by atoms with E-state index >= 15 is 0 Å². The fraction of sp³-hybridized carbons (Fsp3) is 0.556. The van der Waals surface area contributed by atoms with Crippen LogP contribution in [0.1, 0.15) is 6.92 Å². The second-order valence-corrected chi connectivity index (χ2v) is 2.92. The smallest absolute Gasteiger partial charge is 0.101 e. The first-order valence-electron chi connectivity index (χ1n) is 4.50. The minimum atomic E-state index is 1.02. The molecule has 0 saturated carbocycles. The zero-order chi connectivity index (χ0) is 9.52. The molecule has 1 saturated heterocycles. The van der Waals surface area contributed by atoms with Crippen LogP contribution in [0.25, 0.3) is 0 Å². The van der Waals surface area contributed by atoms with Gasteiger partial charge in [0.25, 0.3) is 0 Å². The number of amidine groups is 1. The van der Waals surface area contributed by atoms with Crippen molar-refractivity contribution in [1.29, 1.82) is 5.41 Å². The lowest BCUT2D eigenvalue weighted by Crippen LogP contribution is -2.45. The van der Waals surface area contributed by atoms with E-state index in [0.717, 1.165) is 32.0 Å². The number of rotatable bonds is 2. The Morgan fingerprint density at radius 1 is 1.46 bits per heavy atom. The maximum atomic E-state index is 6.79. The molecule has 0 radical (unpaired) electrons. The molecule has 0 atom stereocenters. The van der Waals surface area contributed by atoms with E-state index in [0.29, 0.717) is 0 Å². The van der Waals surface area contributed by atoms with Crippen LogP contribution in [0.3, 0.4) is 0 Å². The van der Waals surface area contributed by atoms with Crippen molar-refractivity contribution in [3.8, 4) is 0 Å². The largest absolute Gasteiger partial charge is 0.358 e. The molecule has 1 aliphatic rings. The van der Waals surface area contributed by atoms with Crippen molar-refractivity contribution in [3.63, 3.8) is 0 Å². The molecule has 0 amide bonds. The van der Waals surface area contributed by atoms with Gasteiger partial charge in [0.15, 0.2) is 0 Å². The molecule has 72 valence electrons. The molecule has 1 fully saturated rings. The number of nitrogens with one attached hydrogen (secondary N) is 2. The van der Waals surface area contributed by atoms with Gasteiger partial charge in [-0.05, 0) is 13.0 Å². The van der Waals surface area contributed by atoms with E-state index in [2.05, 4.69) is 15.2 Å². The average Bonchev–Trinajstić information content (AvgIpc) is 2.19. The van der Waals surface area contributed by atoms with Crippen LogP contribution in [0.4, 0.5) is 0 Å². The van der Waals surface area contributed by atoms with E-state index in [-0.39, 0.29) is 0 Å². The average molecular weight is 180 g/mol. The molecule has 1 heterocycles. The van der Waals surface area contributed by atoms with Gasteiger partial charge < -0.3 is 15.6 Å². The highest BCUT2D eigenvalue weighted by Gasteiger charge is 2.09. The Labute approximate surface area is 78.9 Å². The van der Waals surface area contributed by atoms with Crippen LogP contribution in [0.15, 0.2) is 17.3 Å². The fourth-order valence-corrected chi connectivity index (χ4v) is 1.26. The monoisotopic (exact) mass is 180 g/mol. The summed E-state index contributed by atoms with van der Waals surface area (Å²) in [6.07, 6.45) is 4.50. The van der Waals surface area contributed by atoms with Crippen molar-refractivity contribution >= 4 is 12.1 Å². The summed E-state index contributed by atoms with van der Waals surface area (Å²) in [5.74, 6) is 1.03. The third-order valence-electron chi connectivity index (χ3n) is 2.02. The van der Waals surface area contributed by atoms with Crippen LogP contribution >= 0.6 is 0 Å². The maximum Gasteiger partial charge on any atom is 0.101 e. The number of hydrogen-bond donors (Lipinski definition) is 2. The highest BCUT2D eigenvalue weighted by Crippen LogP contribution is 1.95. The molecule has 2 N–H and O–H groups in total. The number of allylic oxidation sites excluding steroid dienone is 1. The molecule has 0 unspecified atom stereocenters. The maximum absolute atomic E-state index is 6.79. The lowest BCUT2D eigenvalue weighted by atomic mass is 10.3. The van der Waals surface area contributed by atoms with Gasteiger partial charge in [0.05, 0.1) is 0 Å². The first-order chi connectivity index (χ1) is 6.34. The van der Waals surface area contributed by atoms with Crippen molar-refractivity contribution in [2.24, 2.45) is 4.99 Å². The molecule has 0 aromatic rings. The highest BCUT2D eigenvalue weighted by atomic mass is 15.2. The summed E-state index contributed by atoms with van der Waals surface area (Å²) >= 11 is 0. The topological polar surface area (TPSA) is 51.5 Å². The Morgan fingerprint density at radius 2 is 2.15 bits per heavy atom. The van der Waals surface area contributed by atoms with E-state index < -0.39 is 0 Å². The zero-order valence-corrected chi connectivity index (χ0v) is 7.95. The summed E-state index contributed by atoms with van der Waals surface area (Å²) in [6, 6.07) is 0. The van der Waals surface area contributed by atoms with Gasteiger partial charge in [0.2, 0.25) is 0 Å². The van der Waals surface area contributed by atoms with E-state index in [4.69, 9.17) is 5.41 Å². The molecular weight excluding hydrogens is 164 g/mol. The van der Waals surface area contributed by atoms with Crippen molar-refractivity contribution in [2.75, 3.05) is 26.2 Å². The Bertz CT molecular complexity index is 214. The molecule has 0 aromatic heterocycles. The van der Waals surface area contributed by atoms with Gasteiger partial charge >= 0.3 is 0 Å². The molecule has 4 nitrogen and oxygen atoms in total. The second-order valence-electron chi connectivity index (χ2n) is 2.92. The quantitative estimate of drug-likeness (QED) is 0.479. The van der Waals surface area contributed by atoms with Gasteiger partial charge in [0, 0.05) is 38.6 Å². The minimum Gasteiger partial charge on any atom is -0.358 e. The lowest BCUT2D eigenvalue weighted by molar-refractivity contribution is 0.356. The SMILES string of the molecule is C/C(=N\C=C/C=N)N1CCNCC1. The number of piperazine rings is 1. The third kappa shape index (κ3) is 3.38. The van der Waals surface area contributed by atoms with Crippen LogP contribution in [0.2, 0.25) is 0 Å². The summed E-state index contributed by atoms with van der Waals surface area (Å²) in [5, 5.41) is 10.1. The fourth-order valence-electron chi connectivity index (χ4n) is 1.26. The summed E-state index contributed by atoms with van der Waals surface area (Å²) in [7, 11) is 0. The minimum absolute atomic E-state index is 1.02. The van der Waals surface area contributed by atoms with E-state index in [1.165, 1.54) is 6.21 Å². The van der Waals surface area contributed by atoms with Crippen LogP contribution < -0.4 is 5.32 Å². The Hall–Kier alpha value is -1.16. The molecule has 0 aliphatic carbocycles. The van der Waals surface area contributed by atoms with Crippen molar-refractivity contribution in [1.82, 2.24) is 10.2 Å². The second kappa shape index (κ2) is 5.48. The summed E-state index contributed by atoms with van der Waals surface area (Å²) in [5.41, 5.74) is 0. The van der Waals surface area contributed by atoms with Crippen LogP contribution in [0, 0.1) is 5.41 Å². The predicted molar refractivity (Wildman–Crippen MR) is 55.5 cm³/mol. The molecule has 13 heavy (non-hydrogen) atoms. The molecule has 1 aliphatic heterocycles. The van der Waals surface area contributed by atoms with Gasteiger partial charge in [-0.2, -0.15) is 0 Å². The first kappa shape index (κ1) is 9.92. The van der Waals surface area contributed by atoms with E-state index in [1.54, 1.807) is 12.3 Å².